The van der Waals surface area contributed by atoms with Crippen LogP contribution in [-0.4, -0.2) is 31.7 Å². The number of aryl methyl sites for hydroxylation is 2. The van der Waals surface area contributed by atoms with E-state index in [2.05, 4.69) is 15.1 Å². The predicted molar refractivity (Wildman–Crippen MR) is 93.1 cm³/mol. The van der Waals surface area contributed by atoms with Crippen molar-refractivity contribution in [2.75, 3.05) is 4.90 Å². The number of rotatable bonds is 4. The van der Waals surface area contributed by atoms with E-state index in [0.717, 1.165) is 34.9 Å². The SMILES string of the molecule is Cc1csc(N(C(=O)c2cc(-c3cccnc3)nn2C)C2CC2)n1. The van der Waals surface area contributed by atoms with Gasteiger partial charge in [0, 0.05) is 36.4 Å². The third-order valence-electron chi connectivity index (χ3n) is 4.00. The minimum Gasteiger partial charge on any atom is -0.280 e. The fourth-order valence-electron chi connectivity index (χ4n) is 2.64. The minimum absolute atomic E-state index is 0.0445. The maximum atomic E-state index is 13.1. The van der Waals surface area contributed by atoms with Crippen LogP contribution in [0.1, 0.15) is 29.0 Å². The quantitative estimate of drug-likeness (QED) is 0.733. The summed E-state index contributed by atoms with van der Waals surface area (Å²) in [6, 6.07) is 5.88. The van der Waals surface area contributed by atoms with Gasteiger partial charge in [-0.25, -0.2) is 4.98 Å². The van der Waals surface area contributed by atoms with Crippen LogP contribution in [0.15, 0.2) is 36.0 Å². The number of thiazole rings is 1. The number of anilines is 1. The van der Waals surface area contributed by atoms with E-state index in [1.165, 1.54) is 11.3 Å². The van der Waals surface area contributed by atoms with E-state index in [9.17, 15) is 4.79 Å². The van der Waals surface area contributed by atoms with Gasteiger partial charge in [-0.05, 0) is 38.0 Å². The number of amides is 1. The highest BCUT2D eigenvalue weighted by Crippen LogP contribution is 2.35. The summed E-state index contributed by atoms with van der Waals surface area (Å²) < 4.78 is 1.64. The van der Waals surface area contributed by atoms with Crippen molar-refractivity contribution in [3.8, 4) is 11.3 Å². The Hall–Kier alpha value is -2.54. The second-order valence-corrected chi connectivity index (χ2v) is 6.79. The first-order valence-corrected chi connectivity index (χ1v) is 8.71. The van der Waals surface area contributed by atoms with Crippen molar-refractivity contribution in [1.82, 2.24) is 19.7 Å². The Kier molecular flexibility index (Phi) is 3.65. The number of aromatic nitrogens is 4. The summed E-state index contributed by atoms with van der Waals surface area (Å²) in [5, 5.41) is 7.22. The summed E-state index contributed by atoms with van der Waals surface area (Å²) in [6.07, 6.45) is 5.52. The fourth-order valence-corrected chi connectivity index (χ4v) is 3.51. The Balaban J connectivity index is 1.70. The van der Waals surface area contributed by atoms with Gasteiger partial charge in [-0.1, -0.05) is 0 Å². The molecule has 3 heterocycles. The average Bonchev–Trinajstić information content (AvgIpc) is 3.20. The Morgan fingerprint density at radius 1 is 1.42 bits per heavy atom. The van der Waals surface area contributed by atoms with Gasteiger partial charge >= 0.3 is 0 Å². The van der Waals surface area contributed by atoms with Crippen LogP contribution in [-0.2, 0) is 7.05 Å². The van der Waals surface area contributed by atoms with Crippen molar-refractivity contribution >= 4 is 22.4 Å². The lowest BCUT2D eigenvalue weighted by atomic mass is 10.2. The highest BCUT2D eigenvalue weighted by molar-refractivity contribution is 7.14. The maximum Gasteiger partial charge on any atom is 0.278 e. The normalized spacial score (nSPS) is 13.9. The van der Waals surface area contributed by atoms with Crippen LogP contribution in [0.25, 0.3) is 11.3 Å². The number of hydrogen-bond donors (Lipinski definition) is 0. The molecule has 0 aromatic carbocycles. The zero-order chi connectivity index (χ0) is 16.7. The van der Waals surface area contributed by atoms with Crippen LogP contribution >= 0.6 is 11.3 Å². The lowest BCUT2D eigenvalue weighted by molar-refractivity contribution is 0.0976. The second-order valence-electron chi connectivity index (χ2n) is 5.96. The summed E-state index contributed by atoms with van der Waals surface area (Å²) >= 11 is 1.51. The molecule has 0 unspecified atom stereocenters. The van der Waals surface area contributed by atoms with Gasteiger partial charge in [0.2, 0.25) is 0 Å². The Morgan fingerprint density at radius 3 is 2.88 bits per heavy atom. The first-order chi connectivity index (χ1) is 11.6. The molecule has 3 aromatic rings. The molecule has 24 heavy (non-hydrogen) atoms. The summed E-state index contributed by atoms with van der Waals surface area (Å²) in [6.45, 7) is 1.94. The van der Waals surface area contributed by atoms with E-state index in [0.29, 0.717) is 5.69 Å². The van der Waals surface area contributed by atoms with Crippen molar-refractivity contribution in [2.24, 2.45) is 7.05 Å². The van der Waals surface area contributed by atoms with E-state index in [1.807, 2.05) is 35.4 Å². The van der Waals surface area contributed by atoms with Crippen molar-refractivity contribution in [3.05, 3.63) is 47.4 Å². The molecule has 0 spiro atoms. The van der Waals surface area contributed by atoms with Crippen LogP contribution in [0.5, 0.6) is 0 Å². The molecular formula is C17H17N5OS. The van der Waals surface area contributed by atoms with Crippen LogP contribution in [0.2, 0.25) is 0 Å². The van der Waals surface area contributed by atoms with Gasteiger partial charge in [0.05, 0.1) is 11.4 Å². The van der Waals surface area contributed by atoms with Gasteiger partial charge in [0.25, 0.3) is 5.91 Å². The summed E-state index contributed by atoms with van der Waals surface area (Å²) in [5.74, 6) is -0.0445. The summed E-state index contributed by atoms with van der Waals surface area (Å²) in [4.78, 5) is 23.6. The molecule has 1 aliphatic rings. The number of pyridine rings is 1. The highest BCUT2D eigenvalue weighted by atomic mass is 32.1. The molecule has 1 aliphatic carbocycles. The van der Waals surface area contributed by atoms with Crippen LogP contribution in [0.4, 0.5) is 5.13 Å². The molecule has 0 bridgehead atoms. The zero-order valence-electron chi connectivity index (χ0n) is 13.5. The number of nitrogens with zero attached hydrogens (tertiary/aromatic N) is 5. The number of carbonyl (C=O) groups is 1. The lowest BCUT2D eigenvalue weighted by Crippen LogP contribution is -2.34. The molecule has 6 nitrogen and oxygen atoms in total. The van der Waals surface area contributed by atoms with Gasteiger partial charge in [-0.15, -0.1) is 11.3 Å². The molecule has 4 rings (SSSR count). The largest absolute Gasteiger partial charge is 0.280 e. The molecule has 0 radical (unpaired) electrons. The van der Waals surface area contributed by atoms with E-state index < -0.39 is 0 Å². The number of hydrogen-bond acceptors (Lipinski definition) is 5. The molecule has 0 N–H and O–H groups in total. The van der Waals surface area contributed by atoms with Gasteiger partial charge in [-0.3, -0.25) is 19.4 Å². The lowest BCUT2D eigenvalue weighted by Gasteiger charge is -2.19. The Labute approximate surface area is 143 Å². The first-order valence-electron chi connectivity index (χ1n) is 7.83. The van der Waals surface area contributed by atoms with E-state index >= 15 is 0 Å². The molecule has 0 saturated heterocycles. The van der Waals surface area contributed by atoms with Crippen LogP contribution in [0, 0.1) is 6.92 Å². The summed E-state index contributed by atoms with van der Waals surface area (Å²) in [5.41, 5.74) is 3.15. The average molecular weight is 339 g/mol. The smallest absolute Gasteiger partial charge is 0.278 e. The van der Waals surface area contributed by atoms with Crippen LogP contribution < -0.4 is 4.90 Å². The molecule has 122 valence electrons. The molecule has 3 aromatic heterocycles. The van der Waals surface area contributed by atoms with Gasteiger partial charge in [-0.2, -0.15) is 5.10 Å². The predicted octanol–water partition coefficient (Wildman–Crippen LogP) is 3.06. The van der Waals surface area contributed by atoms with Gasteiger partial charge in [0.1, 0.15) is 5.69 Å². The van der Waals surface area contributed by atoms with Crippen LogP contribution in [0.3, 0.4) is 0 Å². The summed E-state index contributed by atoms with van der Waals surface area (Å²) in [7, 11) is 1.80. The minimum atomic E-state index is -0.0445. The topological polar surface area (TPSA) is 63.9 Å². The molecular weight excluding hydrogens is 322 g/mol. The van der Waals surface area contributed by atoms with E-state index in [-0.39, 0.29) is 11.9 Å². The van der Waals surface area contributed by atoms with Crippen molar-refractivity contribution < 1.29 is 4.79 Å². The molecule has 7 heteroatoms. The third kappa shape index (κ3) is 2.71. The van der Waals surface area contributed by atoms with Crippen molar-refractivity contribution in [1.29, 1.82) is 0 Å². The highest BCUT2D eigenvalue weighted by Gasteiger charge is 2.37. The fraction of sp³-hybridized carbons (Fsp3) is 0.294. The van der Waals surface area contributed by atoms with E-state index in [4.69, 9.17) is 0 Å². The second kappa shape index (κ2) is 5.83. The monoisotopic (exact) mass is 339 g/mol. The first kappa shape index (κ1) is 15.0. The molecule has 1 amide bonds. The van der Waals surface area contributed by atoms with Gasteiger partial charge in [0.15, 0.2) is 5.13 Å². The van der Waals surface area contributed by atoms with Gasteiger partial charge < -0.3 is 0 Å². The zero-order valence-corrected chi connectivity index (χ0v) is 14.3. The Morgan fingerprint density at radius 2 is 2.25 bits per heavy atom. The number of carbonyl (C=O) groups excluding carboxylic acids is 1. The Bertz CT molecular complexity index is 882. The maximum absolute atomic E-state index is 13.1. The van der Waals surface area contributed by atoms with Crippen molar-refractivity contribution in [2.45, 2.75) is 25.8 Å². The molecule has 1 saturated carbocycles. The standard InChI is InChI=1S/C17H17N5OS/c1-11-10-24-17(19-11)22(13-5-6-13)16(23)15-8-14(20-21(15)2)12-4-3-7-18-9-12/h3-4,7-10,13H,5-6H2,1-2H3. The third-order valence-corrected chi connectivity index (χ3v) is 4.96. The molecule has 1 fully saturated rings. The molecule has 0 atom stereocenters. The molecule has 0 aliphatic heterocycles. The van der Waals surface area contributed by atoms with Crippen molar-refractivity contribution in [3.63, 3.8) is 0 Å². The van der Waals surface area contributed by atoms with E-state index in [1.54, 1.807) is 24.1 Å².